The fourth-order valence-corrected chi connectivity index (χ4v) is 3.31. The van der Waals surface area contributed by atoms with Crippen LogP contribution in [0.15, 0.2) is 48.7 Å². The first-order valence-corrected chi connectivity index (χ1v) is 9.06. The van der Waals surface area contributed by atoms with Crippen molar-refractivity contribution in [3.05, 3.63) is 48.7 Å². The van der Waals surface area contributed by atoms with Crippen molar-refractivity contribution in [2.75, 3.05) is 26.7 Å². The van der Waals surface area contributed by atoms with Gasteiger partial charge in [0.2, 0.25) is 5.88 Å². The van der Waals surface area contributed by atoms with Gasteiger partial charge in [-0.1, -0.05) is 18.2 Å². The number of hydrogen-bond acceptors (Lipinski definition) is 5. The molecular formula is C20H23N5O. The number of methoxy groups -OCH3 is 1. The summed E-state index contributed by atoms with van der Waals surface area (Å²) in [6.07, 6.45) is 4.71. The van der Waals surface area contributed by atoms with Crippen LogP contribution < -0.4 is 4.74 Å². The fourth-order valence-electron chi connectivity index (χ4n) is 3.31. The fraction of sp³-hybridized carbons (Fsp3) is 0.350. The van der Waals surface area contributed by atoms with Crippen molar-refractivity contribution in [2.24, 2.45) is 0 Å². The highest BCUT2D eigenvalue weighted by molar-refractivity contribution is 5.69. The lowest BCUT2D eigenvalue weighted by Crippen LogP contribution is -2.24. The Bertz CT molecular complexity index is 853. The molecule has 0 atom stereocenters. The largest absolute Gasteiger partial charge is 0.480 e. The van der Waals surface area contributed by atoms with E-state index >= 15 is 0 Å². The van der Waals surface area contributed by atoms with Crippen LogP contribution in [0.25, 0.3) is 22.5 Å². The summed E-state index contributed by atoms with van der Waals surface area (Å²) in [6, 6.07) is 14.0. The SMILES string of the molecule is COc1ccc(-c2cccc(-c3ccn(CCN4CCCC4)n3)c2)nn1. The van der Waals surface area contributed by atoms with E-state index in [9.17, 15) is 0 Å². The first-order valence-electron chi connectivity index (χ1n) is 9.06. The lowest BCUT2D eigenvalue weighted by molar-refractivity contribution is 0.316. The molecule has 0 unspecified atom stereocenters. The van der Waals surface area contributed by atoms with Crippen LogP contribution in [0.5, 0.6) is 5.88 Å². The van der Waals surface area contributed by atoms with Crippen molar-refractivity contribution < 1.29 is 4.74 Å². The maximum absolute atomic E-state index is 5.07. The van der Waals surface area contributed by atoms with E-state index in [1.54, 1.807) is 7.11 Å². The molecule has 3 aromatic rings. The average molecular weight is 349 g/mol. The summed E-state index contributed by atoms with van der Waals surface area (Å²) in [4.78, 5) is 2.50. The summed E-state index contributed by atoms with van der Waals surface area (Å²) in [7, 11) is 1.59. The summed E-state index contributed by atoms with van der Waals surface area (Å²) < 4.78 is 7.11. The van der Waals surface area contributed by atoms with Gasteiger partial charge in [0.15, 0.2) is 0 Å². The zero-order valence-corrected chi connectivity index (χ0v) is 15.0. The van der Waals surface area contributed by atoms with Gasteiger partial charge in [-0.25, -0.2) is 0 Å². The molecule has 0 spiro atoms. The number of nitrogens with zero attached hydrogens (tertiary/aromatic N) is 5. The zero-order chi connectivity index (χ0) is 17.8. The second kappa shape index (κ2) is 7.66. The smallest absolute Gasteiger partial charge is 0.233 e. The Kier molecular flexibility index (Phi) is 4.93. The average Bonchev–Trinajstić information content (AvgIpc) is 3.38. The van der Waals surface area contributed by atoms with Crippen LogP contribution in [0.3, 0.4) is 0 Å². The molecule has 1 aliphatic rings. The minimum absolute atomic E-state index is 0.515. The number of likely N-dealkylation sites (tertiary alicyclic amines) is 1. The molecule has 0 aliphatic carbocycles. The maximum atomic E-state index is 5.07. The molecule has 0 bridgehead atoms. The minimum atomic E-state index is 0.515. The monoisotopic (exact) mass is 349 g/mol. The van der Waals surface area contributed by atoms with Gasteiger partial charge in [0.25, 0.3) is 0 Å². The first-order chi connectivity index (χ1) is 12.8. The molecule has 4 rings (SSSR count). The highest BCUT2D eigenvalue weighted by Gasteiger charge is 2.11. The molecule has 0 N–H and O–H groups in total. The normalized spacial score (nSPS) is 14.7. The summed E-state index contributed by atoms with van der Waals surface area (Å²) in [5.74, 6) is 0.515. The lowest BCUT2D eigenvalue weighted by atomic mass is 10.1. The van der Waals surface area contributed by atoms with Gasteiger partial charge in [0.05, 0.1) is 25.0 Å². The molecule has 1 aliphatic heterocycles. The third-order valence-corrected chi connectivity index (χ3v) is 4.79. The molecule has 1 fully saturated rings. The molecule has 0 saturated carbocycles. The summed E-state index contributed by atoms with van der Waals surface area (Å²) in [5.41, 5.74) is 3.90. The molecule has 0 amide bonds. The molecule has 26 heavy (non-hydrogen) atoms. The van der Waals surface area contributed by atoms with Crippen molar-refractivity contribution in [2.45, 2.75) is 19.4 Å². The van der Waals surface area contributed by atoms with E-state index < -0.39 is 0 Å². The van der Waals surface area contributed by atoms with Gasteiger partial charge < -0.3 is 9.64 Å². The van der Waals surface area contributed by atoms with Crippen molar-refractivity contribution in [3.8, 4) is 28.4 Å². The third-order valence-electron chi connectivity index (χ3n) is 4.79. The topological polar surface area (TPSA) is 56.1 Å². The predicted octanol–water partition coefficient (Wildman–Crippen LogP) is 3.11. The Morgan fingerprint density at radius 1 is 0.923 bits per heavy atom. The summed E-state index contributed by atoms with van der Waals surface area (Å²) in [6.45, 7) is 4.45. The second-order valence-corrected chi connectivity index (χ2v) is 6.55. The van der Waals surface area contributed by atoms with Gasteiger partial charge in [-0.15, -0.1) is 10.2 Å². The molecule has 2 aromatic heterocycles. The molecular weight excluding hydrogens is 326 g/mol. The number of aromatic nitrogens is 4. The van der Waals surface area contributed by atoms with Gasteiger partial charge >= 0.3 is 0 Å². The van der Waals surface area contributed by atoms with Crippen LogP contribution >= 0.6 is 0 Å². The van der Waals surface area contributed by atoms with Crippen molar-refractivity contribution in [1.29, 1.82) is 0 Å². The Morgan fingerprint density at radius 3 is 2.46 bits per heavy atom. The van der Waals surface area contributed by atoms with Gasteiger partial charge in [0.1, 0.15) is 0 Å². The zero-order valence-electron chi connectivity index (χ0n) is 15.0. The van der Waals surface area contributed by atoms with Crippen molar-refractivity contribution in [3.63, 3.8) is 0 Å². The Labute approximate surface area is 153 Å². The second-order valence-electron chi connectivity index (χ2n) is 6.55. The van der Waals surface area contributed by atoms with E-state index in [0.717, 1.165) is 35.6 Å². The summed E-state index contributed by atoms with van der Waals surface area (Å²) >= 11 is 0. The Morgan fingerprint density at radius 2 is 1.73 bits per heavy atom. The van der Waals surface area contributed by atoms with Crippen LogP contribution in [-0.2, 0) is 6.54 Å². The van der Waals surface area contributed by atoms with Gasteiger partial charge in [-0.05, 0) is 44.1 Å². The Balaban J connectivity index is 1.49. The van der Waals surface area contributed by atoms with E-state index in [4.69, 9.17) is 9.84 Å². The highest BCUT2D eigenvalue weighted by Crippen LogP contribution is 2.24. The van der Waals surface area contributed by atoms with E-state index in [-0.39, 0.29) is 0 Å². The van der Waals surface area contributed by atoms with E-state index in [2.05, 4.69) is 39.5 Å². The van der Waals surface area contributed by atoms with E-state index in [0.29, 0.717) is 5.88 Å². The van der Waals surface area contributed by atoms with Crippen LogP contribution in [0.2, 0.25) is 0 Å². The molecule has 1 aromatic carbocycles. The molecule has 134 valence electrons. The van der Waals surface area contributed by atoms with Crippen LogP contribution in [0.1, 0.15) is 12.8 Å². The molecule has 6 heteroatoms. The van der Waals surface area contributed by atoms with Gasteiger partial charge in [0, 0.05) is 29.9 Å². The number of benzene rings is 1. The van der Waals surface area contributed by atoms with Gasteiger partial charge in [-0.3, -0.25) is 4.68 Å². The lowest BCUT2D eigenvalue weighted by Gasteiger charge is -2.13. The highest BCUT2D eigenvalue weighted by atomic mass is 16.5. The predicted molar refractivity (Wildman–Crippen MR) is 101 cm³/mol. The first kappa shape index (κ1) is 16.7. The molecule has 3 heterocycles. The number of ether oxygens (including phenoxy) is 1. The quantitative estimate of drug-likeness (QED) is 0.684. The van der Waals surface area contributed by atoms with Gasteiger partial charge in [-0.2, -0.15) is 5.10 Å². The number of hydrogen-bond donors (Lipinski definition) is 0. The van der Waals surface area contributed by atoms with Crippen LogP contribution in [0.4, 0.5) is 0 Å². The minimum Gasteiger partial charge on any atom is -0.480 e. The molecule has 0 radical (unpaired) electrons. The van der Waals surface area contributed by atoms with Crippen LogP contribution in [0, 0.1) is 0 Å². The summed E-state index contributed by atoms with van der Waals surface area (Å²) in [5, 5.41) is 13.0. The van der Waals surface area contributed by atoms with Crippen LogP contribution in [-0.4, -0.2) is 51.6 Å². The Hall–Kier alpha value is -2.73. The van der Waals surface area contributed by atoms with E-state index in [1.807, 2.05) is 28.9 Å². The maximum Gasteiger partial charge on any atom is 0.233 e. The molecule has 6 nitrogen and oxygen atoms in total. The van der Waals surface area contributed by atoms with E-state index in [1.165, 1.54) is 25.9 Å². The third kappa shape index (κ3) is 3.75. The number of rotatable bonds is 6. The van der Waals surface area contributed by atoms with Crippen molar-refractivity contribution in [1.82, 2.24) is 24.9 Å². The molecule has 1 saturated heterocycles. The standard InChI is InChI=1S/C20H23N5O/c1-26-20-8-7-18(21-22-20)16-5-4-6-17(15-16)19-9-12-25(23-19)14-13-24-10-2-3-11-24/h4-9,12,15H,2-3,10-11,13-14H2,1H3. The van der Waals surface area contributed by atoms with Crippen molar-refractivity contribution >= 4 is 0 Å².